The van der Waals surface area contributed by atoms with Gasteiger partial charge in [0.1, 0.15) is 5.75 Å². The van der Waals surface area contributed by atoms with Crippen molar-refractivity contribution >= 4 is 10.1 Å². The summed E-state index contributed by atoms with van der Waals surface area (Å²) in [4.78, 5) is 0.170. The molecule has 0 aromatic heterocycles. The van der Waals surface area contributed by atoms with E-state index in [1.54, 1.807) is 18.2 Å². The van der Waals surface area contributed by atoms with Crippen LogP contribution >= 0.6 is 0 Å². The number of hydrogen-bond acceptors (Lipinski definition) is 4. The van der Waals surface area contributed by atoms with Crippen LogP contribution in [-0.4, -0.2) is 21.6 Å². The molecular formula is C15H16O4S. The number of rotatable bonds is 7. The van der Waals surface area contributed by atoms with Crippen LogP contribution in [0, 0.1) is 0 Å². The Labute approximate surface area is 119 Å². The SMILES string of the molecule is O=S(=O)(OCCCOc1ccccc1)c1ccccc1. The largest absolute Gasteiger partial charge is 0.494 e. The fourth-order valence-electron chi connectivity index (χ4n) is 1.59. The summed E-state index contributed by atoms with van der Waals surface area (Å²) in [5, 5.41) is 0. The second-order valence-corrected chi connectivity index (χ2v) is 5.72. The monoisotopic (exact) mass is 292 g/mol. The maximum absolute atomic E-state index is 11.8. The zero-order valence-corrected chi connectivity index (χ0v) is 11.8. The molecule has 0 unspecified atom stereocenters. The Morgan fingerprint density at radius 2 is 1.40 bits per heavy atom. The lowest BCUT2D eigenvalue weighted by Crippen LogP contribution is -2.10. The minimum atomic E-state index is -3.66. The van der Waals surface area contributed by atoms with Gasteiger partial charge in [-0.05, 0) is 24.3 Å². The third-order valence-electron chi connectivity index (χ3n) is 2.57. The van der Waals surface area contributed by atoms with Gasteiger partial charge in [0.15, 0.2) is 0 Å². The zero-order chi connectivity index (χ0) is 14.3. The fraction of sp³-hybridized carbons (Fsp3) is 0.200. The summed E-state index contributed by atoms with van der Waals surface area (Å²) in [6.07, 6.45) is 0.501. The Bertz CT molecular complexity index is 609. The number of ether oxygens (including phenoxy) is 1. The van der Waals surface area contributed by atoms with Gasteiger partial charge in [0.25, 0.3) is 10.1 Å². The molecule has 0 bridgehead atoms. The van der Waals surface area contributed by atoms with Gasteiger partial charge in [-0.1, -0.05) is 36.4 Å². The highest BCUT2D eigenvalue weighted by atomic mass is 32.2. The molecule has 0 N–H and O–H groups in total. The maximum atomic E-state index is 11.8. The Morgan fingerprint density at radius 3 is 2.05 bits per heavy atom. The Kier molecular flexibility index (Phi) is 5.15. The summed E-state index contributed by atoms with van der Waals surface area (Å²) >= 11 is 0. The summed E-state index contributed by atoms with van der Waals surface area (Å²) in [6, 6.07) is 17.5. The third-order valence-corrected chi connectivity index (χ3v) is 3.90. The molecule has 0 aliphatic heterocycles. The van der Waals surface area contributed by atoms with Crippen LogP contribution in [0.2, 0.25) is 0 Å². The second kappa shape index (κ2) is 7.07. The van der Waals surface area contributed by atoms with Crippen molar-refractivity contribution in [3.05, 3.63) is 60.7 Å². The molecule has 0 atom stereocenters. The maximum Gasteiger partial charge on any atom is 0.296 e. The molecule has 0 saturated heterocycles. The minimum Gasteiger partial charge on any atom is -0.494 e. The fourth-order valence-corrected chi connectivity index (χ4v) is 2.55. The normalized spacial score (nSPS) is 11.2. The van der Waals surface area contributed by atoms with Crippen molar-refractivity contribution in [3.8, 4) is 5.75 Å². The van der Waals surface area contributed by atoms with Gasteiger partial charge in [-0.3, -0.25) is 4.18 Å². The molecule has 0 saturated carbocycles. The van der Waals surface area contributed by atoms with E-state index in [2.05, 4.69) is 0 Å². The van der Waals surface area contributed by atoms with E-state index in [1.807, 2.05) is 30.3 Å². The van der Waals surface area contributed by atoms with Crippen LogP contribution in [0.15, 0.2) is 65.6 Å². The molecule has 2 aromatic carbocycles. The highest BCUT2D eigenvalue weighted by molar-refractivity contribution is 7.86. The third kappa shape index (κ3) is 4.36. The summed E-state index contributed by atoms with van der Waals surface area (Å²) in [6.45, 7) is 0.512. The molecule has 0 spiro atoms. The average Bonchev–Trinajstić information content (AvgIpc) is 2.49. The van der Waals surface area contributed by atoms with E-state index in [-0.39, 0.29) is 11.5 Å². The molecule has 5 heteroatoms. The number of hydrogen-bond donors (Lipinski definition) is 0. The van der Waals surface area contributed by atoms with E-state index < -0.39 is 10.1 Å². The molecule has 0 aliphatic rings. The molecule has 4 nitrogen and oxygen atoms in total. The molecule has 0 radical (unpaired) electrons. The standard InChI is InChI=1S/C15H16O4S/c16-20(17,15-10-5-2-6-11-15)19-13-7-12-18-14-8-3-1-4-9-14/h1-6,8-11H,7,12-13H2. The van der Waals surface area contributed by atoms with Crippen LogP contribution in [0.25, 0.3) is 0 Å². The van der Waals surface area contributed by atoms with E-state index >= 15 is 0 Å². The molecule has 0 aliphatic carbocycles. The van der Waals surface area contributed by atoms with Gasteiger partial charge in [-0.15, -0.1) is 0 Å². The molecule has 20 heavy (non-hydrogen) atoms. The first kappa shape index (κ1) is 14.6. The highest BCUT2D eigenvalue weighted by Gasteiger charge is 2.13. The van der Waals surface area contributed by atoms with E-state index in [0.29, 0.717) is 13.0 Å². The highest BCUT2D eigenvalue weighted by Crippen LogP contribution is 2.12. The van der Waals surface area contributed by atoms with E-state index in [9.17, 15) is 8.42 Å². The quantitative estimate of drug-likeness (QED) is 0.581. The minimum absolute atomic E-state index is 0.101. The molecule has 0 amide bonds. The van der Waals surface area contributed by atoms with Crippen LogP contribution in [0.5, 0.6) is 5.75 Å². The molecule has 0 fully saturated rings. The summed E-state index contributed by atoms with van der Waals surface area (Å²) in [7, 11) is -3.66. The van der Waals surface area contributed by atoms with Crippen LogP contribution in [-0.2, 0) is 14.3 Å². The van der Waals surface area contributed by atoms with Crippen molar-refractivity contribution in [2.45, 2.75) is 11.3 Å². The molecular weight excluding hydrogens is 276 g/mol. The Hall–Kier alpha value is -1.85. The first-order valence-corrected chi connectivity index (χ1v) is 7.72. The van der Waals surface area contributed by atoms with Gasteiger partial charge in [-0.2, -0.15) is 8.42 Å². The van der Waals surface area contributed by atoms with Gasteiger partial charge in [-0.25, -0.2) is 0 Å². The summed E-state index contributed by atoms with van der Waals surface area (Å²) in [5.41, 5.74) is 0. The van der Waals surface area contributed by atoms with Crippen LogP contribution < -0.4 is 4.74 Å². The Balaban J connectivity index is 1.74. The van der Waals surface area contributed by atoms with Crippen molar-refractivity contribution in [3.63, 3.8) is 0 Å². The zero-order valence-electron chi connectivity index (χ0n) is 10.9. The van der Waals surface area contributed by atoms with E-state index in [4.69, 9.17) is 8.92 Å². The van der Waals surface area contributed by atoms with Gasteiger partial charge in [0, 0.05) is 6.42 Å². The van der Waals surface area contributed by atoms with Gasteiger partial charge >= 0.3 is 0 Å². The first-order chi connectivity index (χ1) is 9.68. The number of para-hydroxylation sites is 1. The lowest BCUT2D eigenvalue weighted by atomic mass is 10.3. The van der Waals surface area contributed by atoms with Crippen molar-refractivity contribution in [2.24, 2.45) is 0 Å². The lowest BCUT2D eigenvalue weighted by Gasteiger charge is -2.07. The summed E-state index contributed by atoms with van der Waals surface area (Å²) in [5.74, 6) is 0.762. The Morgan fingerprint density at radius 1 is 0.800 bits per heavy atom. The van der Waals surface area contributed by atoms with E-state index in [0.717, 1.165) is 5.75 Å². The summed E-state index contributed by atoms with van der Waals surface area (Å²) < 4.78 is 34.0. The van der Waals surface area contributed by atoms with Gasteiger partial charge in [0.05, 0.1) is 18.1 Å². The van der Waals surface area contributed by atoms with Gasteiger partial charge in [0.2, 0.25) is 0 Å². The van der Waals surface area contributed by atoms with E-state index in [1.165, 1.54) is 12.1 Å². The molecule has 2 aromatic rings. The van der Waals surface area contributed by atoms with Gasteiger partial charge < -0.3 is 4.74 Å². The molecule has 0 heterocycles. The van der Waals surface area contributed by atoms with Crippen molar-refractivity contribution < 1.29 is 17.3 Å². The van der Waals surface area contributed by atoms with Crippen LogP contribution in [0.4, 0.5) is 0 Å². The topological polar surface area (TPSA) is 52.6 Å². The molecule has 2 rings (SSSR count). The van der Waals surface area contributed by atoms with Crippen LogP contribution in [0.1, 0.15) is 6.42 Å². The smallest absolute Gasteiger partial charge is 0.296 e. The predicted molar refractivity (Wildman–Crippen MR) is 76.1 cm³/mol. The number of benzene rings is 2. The first-order valence-electron chi connectivity index (χ1n) is 6.31. The van der Waals surface area contributed by atoms with Crippen molar-refractivity contribution in [2.75, 3.05) is 13.2 Å². The molecule has 106 valence electrons. The average molecular weight is 292 g/mol. The second-order valence-electron chi connectivity index (χ2n) is 4.10. The predicted octanol–water partition coefficient (Wildman–Crippen LogP) is 2.86. The van der Waals surface area contributed by atoms with Crippen LogP contribution in [0.3, 0.4) is 0 Å². The lowest BCUT2D eigenvalue weighted by molar-refractivity contribution is 0.250. The van der Waals surface area contributed by atoms with Crippen molar-refractivity contribution in [1.82, 2.24) is 0 Å². The van der Waals surface area contributed by atoms with Crippen molar-refractivity contribution in [1.29, 1.82) is 0 Å².